The molecule has 0 saturated heterocycles. The smallest absolute Gasteiger partial charge is 0.429 e. The lowest BCUT2D eigenvalue weighted by molar-refractivity contribution is -0.189. The zero-order chi connectivity index (χ0) is 24.6. The largest absolute Gasteiger partial charge is 0.432 e. The maximum absolute atomic E-state index is 14.5. The van der Waals surface area contributed by atoms with Crippen LogP contribution in [0.25, 0.3) is 11.1 Å². The van der Waals surface area contributed by atoms with Crippen molar-refractivity contribution in [2.24, 2.45) is 0 Å². The minimum Gasteiger partial charge on any atom is -0.429 e. The van der Waals surface area contributed by atoms with Gasteiger partial charge in [-0.15, -0.1) is 0 Å². The third kappa shape index (κ3) is 5.26. The molecule has 0 N–H and O–H groups in total. The second-order valence-corrected chi connectivity index (χ2v) is 7.14. The lowest BCUT2D eigenvalue weighted by atomic mass is 10.0. The molecule has 0 amide bonds. The summed E-state index contributed by atoms with van der Waals surface area (Å²) in [6, 6.07) is 6.38. The highest BCUT2D eigenvalue weighted by Crippen LogP contribution is 2.38. The Bertz CT molecular complexity index is 1110. The Balaban J connectivity index is 1.87. The topological polar surface area (TPSA) is 9.23 Å². The molecule has 3 aromatic rings. The number of halogens is 9. The highest BCUT2D eigenvalue weighted by atomic mass is 19.4. The fraction of sp³-hybridized carbons (Fsp3) is 0.217. The van der Waals surface area contributed by atoms with Gasteiger partial charge in [-0.05, 0) is 59.5 Å². The zero-order valence-electron chi connectivity index (χ0n) is 16.8. The molecule has 176 valence electrons. The number of benzene rings is 3. The van der Waals surface area contributed by atoms with Crippen LogP contribution in [-0.2, 0) is 18.7 Å². The Labute approximate surface area is 182 Å². The first kappa shape index (κ1) is 24.5. The van der Waals surface area contributed by atoms with Gasteiger partial charge < -0.3 is 4.74 Å². The first-order chi connectivity index (χ1) is 15.3. The minimum atomic E-state index is -5.24. The van der Waals surface area contributed by atoms with Crippen molar-refractivity contribution in [1.29, 1.82) is 0 Å². The second-order valence-electron chi connectivity index (χ2n) is 7.14. The van der Waals surface area contributed by atoms with Crippen molar-refractivity contribution in [1.82, 2.24) is 0 Å². The summed E-state index contributed by atoms with van der Waals surface area (Å²) in [7, 11) is 0. The van der Waals surface area contributed by atoms with Gasteiger partial charge in [-0.25, -0.2) is 17.6 Å². The molecule has 0 saturated carbocycles. The van der Waals surface area contributed by atoms with Crippen LogP contribution < -0.4 is 4.74 Å². The van der Waals surface area contributed by atoms with Gasteiger partial charge in [-0.2, -0.15) is 22.0 Å². The van der Waals surface area contributed by atoms with Crippen LogP contribution in [0.15, 0.2) is 48.5 Å². The first-order valence-electron chi connectivity index (χ1n) is 9.55. The molecule has 0 aliphatic heterocycles. The Hall–Kier alpha value is -3.17. The molecule has 33 heavy (non-hydrogen) atoms. The van der Waals surface area contributed by atoms with Crippen molar-refractivity contribution in [3.63, 3.8) is 0 Å². The summed E-state index contributed by atoms with van der Waals surface area (Å²) < 4.78 is 127. The molecule has 0 aromatic heterocycles. The van der Waals surface area contributed by atoms with E-state index in [0.29, 0.717) is 18.6 Å². The number of hydrogen-bond donors (Lipinski definition) is 0. The Morgan fingerprint density at radius 1 is 0.667 bits per heavy atom. The van der Waals surface area contributed by atoms with Crippen LogP contribution in [0.1, 0.15) is 30.0 Å². The molecule has 0 fully saturated rings. The van der Waals surface area contributed by atoms with Gasteiger partial charge in [0.05, 0.1) is 0 Å². The second kappa shape index (κ2) is 8.99. The average Bonchev–Trinajstić information content (AvgIpc) is 2.66. The van der Waals surface area contributed by atoms with Crippen LogP contribution in [0, 0.1) is 23.3 Å². The molecular weight excluding hydrogens is 463 g/mol. The van der Waals surface area contributed by atoms with E-state index in [4.69, 9.17) is 0 Å². The number of hydrogen-bond acceptors (Lipinski definition) is 1. The Kier molecular flexibility index (Phi) is 6.67. The summed E-state index contributed by atoms with van der Waals surface area (Å²) in [5.74, 6) is -7.22. The highest BCUT2D eigenvalue weighted by molar-refractivity contribution is 5.65. The van der Waals surface area contributed by atoms with Crippen molar-refractivity contribution in [3.05, 3.63) is 88.5 Å². The van der Waals surface area contributed by atoms with E-state index >= 15 is 0 Å². The molecule has 0 radical (unpaired) electrons. The van der Waals surface area contributed by atoms with E-state index in [1.54, 1.807) is 6.92 Å². The number of aryl methyl sites for hydroxylation is 1. The van der Waals surface area contributed by atoms with Crippen LogP contribution in [-0.4, -0.2) is 0 Å². The fourth-order valence-electron chi connectivity index (χ4n) is 3.26. The van der Waals surface area contributed by atoms with Gasteiger partial charge in [-0.3, -0.25) is 0 Å². The lowest BCUT2D eigenvalue weighted by Crippen LogP contribution is -2.25. The summed E-state index contributed by atoms with van der Waals surface area (Å²) in [5.41, 5.74) is -3.75. The fourth-order valence-corrected chi connectivity index (χ4v) is 3.26. The van der Waals surface area contributed by atoms with Gasteiger partial charge in [0.25, 0.3) is 0 Å². The predicted molar refractivity (Wildman–Crippen MR) is 102 cm³/mol. The monoisotopic (exact) mass is 478 g/mol. The molecule has 0 atom stereocenters. The first-order valence-corrected chi connectivity index (χ1v) is 9.55. The molecule has 0 spiro atoms. The lowest BCUT2D eigenvalue weighted by Gasteiger charge is -2.20. The van der Waals surface area contributed by atoms with Crippen LogP contribution in [0.2, 0.25) is 0 Å². The summed E-state index contributed by atoms with van der Waals surface area (Å²) in [5, 5.41) is 0. The average molecular weight is 478 g/mol. The highest BCUT2D eigenvalue weighted by Gasteiger charge is 2.41. The number of alkyl halides is 5. The third-order valence-electron chi connectivity index (χ3n) is 4.69. The van der Waals surface area contributed by atoms with E-state index in [0.717, 1.165) is 36.4 Å². The van der Waals surface area contributed by atoms with Gasteiger partial charge in [0.2, 0.25) is 0 Å². The van der Waals surface area contributed by atoms with Gasteiger partial charge in [0.15, 0.2) is 0 Å². The summed E-state index contributed by atoms with van der Waals surface area (Å²) in [4.78, 5) is 0. The SMILES string of the molecule is CCCc1cc(F)c(C(F)(F)Oc2ccc(-c3cc(F)c(C(F)(F)F)c(F)c3)cc2)c(F)c1. The van der Waals surface area contributed by atoms with Gasteiger partial charge in [0.1, 0.15) is 40.1 Å². The van der Waals surface area contributed by atoms with E-state index in [1.807, 2.05) is 0 Å². The Morgan fingerprint density at radius 3 is 1.61 bits per heavy atom. The molecule has 1 nitrogen and oxygen atoms in total. The van der Waals surface area contributed by atoms with E-state index in [9.17, 15) is 39.5 Å². The van der Waals surface area contributed by atoms with E-state index < -0.39 is 52.4 Å². The quantitative estimate of drug-likeness (QED) is 0.326. The molecule has 0 heterocycles. The molecule has 3 rings (SSSR count). The molecule has 0 aliphatic carbocycles. The van der Waals surface area contributed by atoms with Crippen molar-refractivity contribution in [2.75, 3.05) is 0 Å². The summed E-state index contributed by atoms with van der Waals surface area (Å²) in [6.45, 7) is 1.75. The van der Waals surface area contributed by atoms with Crippen molar-refractivity contribution in [3.8, 4) is 16.9 Å². The molecule has 0 bridgehead atoms. The van der Waals surface area contributed by atoms with Crippen LogP contribution in [0.5, 0.6) is 5.75 Å². The standard InChI is InChI=1S/C23H15F9O/c1-2-3-12-8-16(24)21(17(25)9-12)23(31,32)33-15-6-4-13(5-7-15)14-10-18(26)20(19(27)11-14)22(28,29)30/h4-11H,2-3H2,1H3. The third-order valence-corrected chi connectivity index (χ3v) is 4.69. The van der Waals surface area contributed by atoms with Crippen molar-refractivity contribution < 1.29 is 44.3 Å². The number of rotatable bonds is 6. The normalized spacial score (nSPS) is 12.2. The van der Waals surface area contributed by atoms with Crippen molar-refractivity contribution >= 4 is 0 Å². The van der Waals surface area contributed by atoms with Crippen LogP contribution in [0.4, 0.5) is 39.5 Å². The van der Waals surface area contributed by atoms with Gasteiger partial charge >= 0.3 is 12.3 Å². The predicted octanol–water partition coefficient (Wildman–Crippen LogP) is 8.01. The molecular formula is C23H15F9O. The summed E-state index contributed by atoms with van der Waals surface area (Å²) in [6.07, 6.45) is -8.81. The van der Waals surface area contributed by atoms with Crippen molar-refractivity contribution in [2.45, 2.75) is 32.1 Å². The Morgan fingerprint density at radius 2 is 1.15 bits per heavy atom. The van der Waals surface area contributed by atoms with Crippen LogP contribution >= 0.6 is 0 Å². The number of ether oxygens (including phenoxy) is 1. The van der Waals surface area contributed by atoms with E-state index in [2.05, 4.69) is 4.74 Å². The molecule has 0 aliphatic rings. The van der Waals surface area contributed by atoms with Gasteiger partial charge in [0, 0.05) is 0 Å². The van der Waals surface area contributed by atoms with E-state index in [1.165, 1.54) is 0 Å². The van der Waals surface area contributed by atoms with E-state index in [-0.39, 0.29) is 23.1 Å². The van der Waals surface area contributed by atoms with Gasteiger partial charge in [-0.1, -0.05) is 25.5 Å². The summed E-state index contributed by atoms with van der Waals surface area (Å²) >= 11 is 0. The van der Waals surface area contributed by atoms with Crippen LogP contribution in [0.3, 0.4) is 0 Å². The molecule has 3 aromatic carbocycles. The maximum atomic E-state index is 14.5. The maximum Gasteiger partial charge on any atom is 0.432 e. The zero-order valence-corrected chi connectivity index (χ0v) is 16.8. The molecule has 0 unspecified atom stereocenters. The molecule has 10 heteroatoms. The minimum absolute atomic E-state index is 0.0153.